The molecule has 2 saturated heterocycles. The van der Waals surface area contributed by atoms with Gasteiger partial charge < -0.3 is 24.0 Å². The monoisotopic (exact) mass is 654 g/mol. The van der Waals surface area contributed by atoms with Crippen LogP contribution < -0.4 is 14.5 Å². The number of imidazole rings is 1. The van der Waals surface area contributed by atoms with Crippen molar-refractivity contribution in [2.75, 3.05) is 30.5 Å². The molecule has 5 rings (SSSR count). The molecule has 4 heterocycles. The number of para-hydroxylation sites is 1. The third-order valence-corrected chi connectivity index (χ3v) is 9.47. The number of carbonyl (C=O) groups excluding carboxylic acids is 1. The molecule has 2 aromatic heterocycles. The van der Waals surface area contributed by atoms with Crippen LogP contribution in [0.3, 0.4) is 0 Å². The standard InChI is InChI=1S/C28H37ClFN6O7P/c1-17(2)41-27(38)18(3)34-44(39,43-20-10-6-5-7-11-20)40-15-28(14-29)23(37)21(30)26(42-28)36-16-31-22-24(35-12-8-9-13-35)32-19(4)33-25(22)36/h5-7,10-11,16-18,21,23,26,37H,8-9,12-15H2,1-4H3,(H,34,39)/t18-,21-,23-,26+,28+,44?/m0/s1. The summed E-state index contributed by atoms with van der Waals surface area (Å²) in [7, 11) is -4.36. The van der Waals surface area contributed by atoms with E-state index in [1.807, 2.05) is 0 Å². The van der Waals surface area contributed by atoms with E-state index in [9.17, 15) is 14.5 Å². The van der Waals surface area contributed by atoms with Gasteiger partial charge in [0.05, 0.1) is 24.9 Å². The van der Waals surface area contributed by atoms with E-state index in [4.69, 9.17) is 30.1 Å². The number of aliphatic hydroxyl groups is 1. The van der Waals surface area contributed by atoms with Gasteiger partial charge in [0.1, 0.15) is 29.3 Å². The van der Waals surface area contributed by atoms with Gasteiger partial charge in [0, 0.05) is 13.1 Å². The van der Waals surface area contributed by atoms with Crippen molar-refractivity contribution in [3.8, 4) is 5.75 Å². The number of halogens is 2. The minimum absolute atomic E-state index is 0.176. The fourth-order valence-corrected chi connectivity index (χ4v) is 7.02. The molecule has 13 nitrogen and oxygen atoms in total. The third kappa shape index (κ3) is 6.70. The van der Waals surface area contributed by atoms with Crippen LogP contribution >= 0.6 is 19.3 Å². The number of carbonyl (C=O) groups is 1. The Morgan fingerprint density at radius 3 is 2.61 bits per heavy atom. The Labute approximate surface area is 259 Å². The van der Waals surface area contributed by atoms with Gasteiger partial charge in [0.15, 0.2) is 29.4 Å². The first-order chi connectivity index (χ1) is 20.9. The number of ether oxygens (including phenoxy) is 2. The molecule has 6 atom stereocenters. The summed E-state index contributed by atoms with van der Waals surface area (Å²) in [6.45, 7) is 7.52. The predicted molar refractivity (Wildman–Crippen MR) is 160 cm³/mol. The van der Waals surface area contributed by atoms with E-state index in [2.05, 4.69) is 24.9 Å². The smallest absolute Gasteiger partial charge is 0.459 e. The maximum absolute atomic E-state index is 15.9. The third-order valence-electron chi connectivity index (χ3n) is 7.39. The quantitative estimate of drug-likeness (QED) is 0.165. The van der Waals surface area contributed by atoms with E-state index in [1.54, 1.807) is 51.1 Å². The topological polar surface area (TPSA) is 150 Å². The second-order valence-electron chi connectivity index (χ2n) is 11.2. The summed E-state index contributed by atoms with van der Waals surface area (Å²) in [6.07, 6.45) is -2.14. The average Bonchev–Trinajstić information content (AvgIpc) is 3.72. The maximum atomic E-state index is 15.9. The van der Waals surface area contributed by atoms with E-state index < -0.39 is 62.5 Å². The molecule has 0 radical (unpaired) electrons. The number of benzene rings is 1. The highest BCUT2D eigenvalue weighted by atomic mass is 35.5. The molecule has 16 heteroatoms. The second kappa shape index (κ2) is 13.2. The SMILES string of the molecule is Cc1nc(N2CCCC2)c2ncn([C@@H]3O[C@](CCl)(COP(=O)(N[C@@H](C)C(=O)OC(C)C)Oc4ccccc4)[C@@H](O)[C@@H]3F)c2n1. The number of aromatic nitrogens is 4. The highest BCUT2D eigenvalue weighted by Crippen LogP contribution is 2.49. The molecule has 0 bridgehead atoms. The lowest BCUT2D eigenvalue weighted by molar-refractivity contribution is -0.149. The van der Waals surface area contributed by atoms with Gasteiger partial charge in [-0.15, -0.1) is 11.6 Å². The zero-order chi connectivity index (χ0) is 31.6. The fraction of sp³-hybridized carbons (Fsp3) is 0.571. The first-order valence-electron chi connectivity index (χ1n) is 14.4. The molecule has 2 fully saturated rings. The first-order valence-corrected chi connectivity index (χ1v) is 16.5. The number of nitrogens with zero attached hydrogens (tertiary/aromatic N) is 5. The van der Waals surface area contributed by atoms with Crippen LogP contribution in [0.25, 0.3) is 11.2 Å². The van der Waals surface area contributed by atoms with Crippen molar-refractivity contribution < 1.29 is 37.4 Å². The maximum Gasteiger partial charge on any atom is 0.459 e. The van der Waals surface area contributed by atoms with E-state index in [0.29, 0.717) is 22.8 Å². The fourth-order valence-electron chi connectivity index (χ4n) is 5.17. The van der Waals surface area contributed by atoms with Crippen LogP contribution in [0.4, 0.5) is 10.2 Å². The van der Waals surface area contributed by atoms with E-state index in [0.717, 1.165) is 25.9 Å². The van der Waals surface area contributed by atoms with Crippen LogP contribution in [-0.2, 0) is 23.4 Å². The van der Waals surface area contributed by atoms with Crippen molar-refractivity contribution in [3.63, 3.8) is 0 Å². The Morgan fingerprint density at radius 2 is 1.95 bits per heavy atom. The molecule has 2 aliphatic heterocycles. The summed E-state index contributed by atoms with van der Waals surface area (Å²) in [4.78, 5) is 28.1. The van der Waals surface area contributed by atoms with Crippen molar-refractivity contribution in [1.29, 1.82) is 0 Å². The van der Waals surface area contributed by atoms with Crippen LogP contribution in [0.5, 0.6) is 5.75 Å². The van der Waals surface area contributed by atoms with Gasteiger partial charge in [-0.05, 0) is 52.7 Å². The van der Waals surface area contributed by atoms with Crippen LogP contribution in [0, 0.1) is 6.92 Å². The molecule has 2 N–H and O–H groups in total. The van der Waals surface area contributed by atoms with Crippen LogP contribution in [0.2, 0.25) is 0 Å². The highest BCUT2D eigenvalue weighted by Gasteiger charge is 2.57. The molecule has 1 aromatic carbocycles. The number of aliphatic hydroxyl groups excluding tert-OH is 1. The molecule has 1 unspecified atom stereocenters. The summed E-state index contributed by atoms with van der Waals surface area (Å²) in [5.74, 6) is 0.180. The van der Waals surface area contributed by atoms with Crippen LogP contribution in [0.1, 0.15) is 45.7 Å². The largest absolute Gasteiger partial charge is 0.462 e. The predicted octanol–water partition coefficient (Wildman–Crippen LogP) is 4.07. The van der Waals surface area contributed by atoms with Crippen molar-refractivity contribution in [3.05, 3.63) is 42.5 Å². The number of alkyl halides is 2. The molecular formula is C28H37ClFN6O7P. The molecule has 0 aliphatic carbocycles. The van der Waals surface area contributed by atoms with Gasteiger partial charge in [-0.2, -0.15) is 5.09 Å². The molecule has 0 spiro atoms. The van der Waals surface area contributed by atoms with Crippen molar-refractivity contribution in [1.82, 2.24) is 24.6 Å². The summed E-state index contributed by atoms with van der Waals surface area (Å²) in [5.41, 5.74) is -1.04. The number of hydrogen-bond donors (Lipinski definition) is 2. The number of rotatable bonds is 12. The lowest BCUT2D eigenvalue weighted by Crippen LogP contribution is -2.48. The molecule has 3 aromatic rings. The Hall–Kier alpha value is -2.87. The molecule has 2 aliphatic rings. The van der Waals surface area contributed by atoms with Gasteiger partial charge in [0.2, 0.25) is 0 Å². The summed E-state index contributed by atoms with van der Waals surface area (Å²) < 4.78 is 54.0. The van der Waals surface area contributed by atoms with Crippen molar-refractivity contribution >= 4 is 42.3 Å². The zero-order valence-electron chi connectivity index (χ0n) is 24.9. The highest BCUT2D eigenvalue weighted by molar-refractivity contribution is 7.52. The summed E-state index contributed by atoms with van der Waals surface area (Å²) >= 11 is 6.29. The molecule has 0 amide bonds. The minimum Gasteiger partial charge on any atom is -0.462 e. The van der Waals surface area contributed by atoms with Gasteiger partial charge >= 0.3 is 13.7 Å². The van der Waals surface area contributed by atoms with Gasteiger partial charge in [-0.3, -0.25) is 13.9 Å². The van der Waals surface area contributed by atoms with E-state index >= 15 is 4.39 Å². The number of aryl methyl sites for hydroxylation is 1. The summed E-state index contributed by atoms with van der Waals surface area (Å²) in [6, 6.07) is 7.04. The average molecular weight is 655 g/mol. The molecular weight excluding hydrogens is 618 g/mol. The first kappa shape index (κ1) is 32.5. The number of hydrogen-bond acceptors (Lipinski definition) is 11. The minimum atomic E-state index is -4.36. The number of esters is 1. The Morgan fingerprint density at radius 1 is 1.25 bits per heavy atom. The molecule has 0 saturated carbocycles. The molecule has 44 heavy (non-hydrogen) atoms. The Balaban J connectivity index is 1.41. The van der Waals surface area contributed by atoms with Gasteiger partial charge in [0.25, 0.3) is 0 Å². The lowest BCUT2D eigenvalue weighted by atomic mass is 9.99. The number of anilines is 1. The lowest BCUT2D eigenvalue weighted by Gasteiger charge is -2.31. The number of nitrogens with one attached hydrogen (secondary N) is 1. The Kier molecular flexibility index (Phi) is 9.78. The zero-order valence-corrected chi connectivity index (χ0v) is 26.6. The summed E-state index contributed by atoms with van der Waals surface area (Å²) in [5, 5.41) is 13.7. The normalized spacial score (nSPS) is 25.8. The van der Waals surface area contributed by atoms with Gasteiger partial charge in [-0.25, -0.2) is 23.9 Å². The Bertz CT molecular complexity index is 1510. The molecule has 240 valence electrons. The van der Waals surface area contributed by atoms with Crippen molar-refractivity contribution in [2.24, 2.45) is 0 Å². The second-order valence-corrected chi connectivity index (χ2v) is 13.2. The number of fused-ring (bicyclic) bond motifs is 1. The van der Waals surface area contributed by atoms with Crippen molar-refractivity contribution in [2.45, 2.75) is 76.8 Å². The van der Waals surface area contributed by atoms with Crippen LogP contribution in [0.15, 0.2) is 36.7 Å². The van der Waals surface area contributed by atoms with Crippen LogP contribution in [-0.4, -0.2) is 86.2 Å². The van der Waals surface area contributed by atoms with E-state index in [-0.39, 0.29) is 5.75 Å². The van der Waals surface area contributed by atoms with E-state index in [1.165, 1.54) is 17.8 Å². The van der Waals surface area contributed by atoms with Gasteiger partial charge in [-0.1, -0.05) is 18.2 Å².